The summed E-state index contributed by atoms with van der Waals surface area (Å²) in [5.41, 5.74) is 0.910. The fraction of sp³-hybridized carbons (Fsp3) is 0.500. The van der Waals surface area contributed by atoms with Crippen LogP contribution in [0.2, 0.25) is 0 Å². The second-order valence-electron chi connectivity index (χ2n) is 7.26. The van der Waals surface area contributed by atoms with Gasteiger partial charge in [-0.15, -0.1) is 0 Å². The highest BCUT2D eigenvalue weighted by Gasteiger charge is 2.29. The topological polar surface area (TPSA) is 71.0 Å². The van der Waals surface area contributed by atoms with Gasteiger partial charge >= 0.3 is 0 Å². The second kappa shape index (κ2) is 8.25. The molecule has 1 atom stereocenters. The van der Waals surface area contributed by atoms with Crippen LogP contribution in [0.25, 0.3) is 0 Å². The van der Waals surface area contributed by atoms with Gasteiger partial charge in [-0.2, -0.15) is 0 Å². The van der Waals surface area contributed by atoms with Gasteiger partial charge in [0.2, 0.25) is 5.91 Å². The molecule has 1 fully saturated rings. The van der Waals surface area contributed by atoms with E-state index in [0.29, 0.717) is 24.0 Å². The normalized spacial score (nSPS) is 17.4. The summed E-state index contributed by atoms with van der Waals surface area (Å²) in [6, 6.07) is 7.68. The molecule has 0 aliphatic carbocycles. The summed E-state index contributed by atoms with van der Waals surface area (Å²) in [6.07, 6.45) is 5.44. The van der Waals surface area contributed by atoms with Gasteiger partial charge in [-0.25, -0.2) is 15.0 Å². The van der Waals surface area contributed by atoms with Crippen LogP contribution in [0.5, 0.6) is 0 Å². The SMILES string of the molecule is Cc1nc(Nc2ccccn2)cc([C@@H]2CCCCN2C(=O)CC(C)C)n1. The lowest BCUT2D eigenvalue weighted by Crippen LogP contribution is -2.39. The van der Waals surface area contributed by atoms with Crippen molar-refractivity contribution in [3.8, 4) is 0 Å². The smallest absolute Gasteiger partial charge is 0.223 e. The maximum Gasteiger partial charge on any atom is 0.223 e. The zero-order valence-electron chi connectivity index (χ0n) is 15.8. The number of carbonyl (C=O) groups excluding carboxylic acids is 1. The fourth-order valence-electron chi connectivity index (χ4n) is 3.40. The van der Waals surface area contributed by atoms with Crippen molar-refractivity contribution in [3.63, 3.8) is 0 Å². The molecule has 0 aromatic carbocycles. The first-order chi connectivity index (χ1) is 12.5. The number of pyridine rings is 1. The van der Waals surface area contributed by atoms with Crippen LogP contribution in [0.4, 0.5) is 11.6 Å². The van der Waals surface area contributed by atoms with E-state index in [1.807, 2.05) is 36.1 Å². The Kier molecular flexibility index (Phi) is 5.81. The van der Waals surface area contributed by atoms with Crippen molar-refractivity contribution in [1.82, 2.24) is 19.9 Å². The number of hydrogen-bond donors (Lipinski definition) is 1. The molecule has 6 heteroatoms. The van der Waals surface area contributed by atoms with Gasteiger partial charge in [0.1, 0.15) is 17.5 Å². The number of aryl methyl sites for hydroxylation is 1. The molecular weight excluding hydrogens is 326 g/mol. The highest BCUT2D eigenvalue weighted by atomic mass is 16.2. The molecule has 3 heterocycles. The second-order valence-corrected chi connectivity index (χ2v) is 7.26. The molecule has 6 nitrogen and oxygen atoms in total. The molecule has 0 unspecified atom stereocenters. The molecule has 138 valence electrons. The standard InChI is InChI=1S/C20H27N5O/c1-14(2)12-20(26)25-11-7-5-8-17(25)16-13-19(23-15(3)22-16)24-18-9-4-6-10-21-18/h4,6,9-10,13-14,17H,5,7-8,11-12H2,1-3H3,(H,21,22,23,24)/t17-/m0/s1. The minimum atomic E-state index is 0.0287. The fourth-order valence-corrected chi connectivity index (χ4v) is 3.40. The third-order valence-corrected chi connectivity index (χ3v) is 4.53. The van der Waals surface area contributed by atoms with Crippen LogP contribution in [0, 0.1) is 12.8 Å². The van der Waals surface area contributed by atoms with E-state index in [-0.39, 0.29) is 11.9 Å². The average Bonchev–Trinajstić information content (AvgIpc) is 2.61. The zero-order chi connectivity index (χ0) is 18.5. The van der Waals surface area contributed by atoms with Crippen molar-refractivity contribution in [2.75, 3.05) is 11.9 Å². The van der Waals surface area contributed by atoms with E-state index in [9.17, 15) is 4.79 Å². The summed E-state index contributed by atoms with van der Waals surface area (Å²) in [6.45, 7) is 6.86. The van der Waals surface area contributed by atoms with Gasteiger partial charge in [0, 0.05) is 25.2 Å². The number of carbonyl (C=O) groups is 1. The van der Waals surface area contributed by atoms with Crippen molar-refractivity contribution in [1.29, 1.82) is 0 Å². The maximum atomic E-state index is 12.7. The molecule has 0 bridgehead atoms. The molecule has 1 N–H and O–H groups in total. The number of rotatable bonds is 5. The summed E-state index contributed by atoms with van der Waals surface area (Å²) in [7, 11) is 0. The first kappa shape index (κ1) is 18.3. The third kappa shape index (κ3) is 4.56. The molecule has 0 radical (unpaired) electrons. The van der Waals surface area contributed by atoms with Gasteiger partial charge in [-0.3, -0.25) is 4.79 Å². The van der Waals surface area contributed by atoms with Gasteiger partial charge in [0.15, 0.2) is 0 Å². The predicted octanol–water partition coefficient (Wildman–Crippen LogP) is 4.02. The molecule has 1 amide bonds. The van der Waals surface area contributed by atoms with E-state index in [4.69, 9.17) is 0 Å². The summed E-state index contributed by atoms with van der Waals surface area (Å²) in [5.74, 6) is 2.74. The Balaban J connectivity index is 1.85. The number of piperidine rings is 1. The Hall–Kier alpha value is -2.50. The number of nitrogens with one attached hydrogen (secondary N) is 1. The minimum absolute atomic E-state index is 0.0287. The lowest BCUT2D eigenvalue weighted by Gasteiger charge is -2.36. The van der Waals surface area contributed by atoms with E-state index in [2.05, 4.69) is 34.1 Å². The summed E-state index contributed by atoms with van der Waals surface area (Å²) in [5, 5.41) is 3.23. The van der Waals surface area contributed by atoms with Crippen LogP contribution in [0.1, 0.15) is 57.1 Å². The number of aromatic nitrogens is 3. The van der Waals surface area contributed by atoms with Gasteiger partial charge in [0.25, 0.3) is 0 Å². The summed E-state index contributed by atoms with van der Waals surface area (Å²) in [4.78, 5) is 28.1. The highest BCUT2D eigenvalue weighted by molar-refractivity contribution is 5.77. The Bertz CT molecular complexity index is 747. The molecule has 0 saturated carbocycles. The summed E-state index contributed by atoms with van der Waals surface area (Å²) < 4.78 is 0. The molecule has 26 heavy (non-hydrogen) atoms. The third-order valence-electron chi connectivity index (χ3n) is 4.53. The molecule has 0 spiro atoms. The number of hydrogen-bond acceptors (Lipinski definition) is 5. The quantitative estimate of drug-likeness (QED) is 0.879. The van der Waals surface area contributed by atoms with E-state index in [0.717, 1.165) is 37.3 Å². The number of amides is 1. The van der Waals surface area contributed by atoms with Crippen LogP contribution in [-0.4, -0.2) is 32.3 Å². The van der Waals surface area contributed by atoms with Crippen molar-refractivity contribution in [2.24, 2.45) is 5.92 Å². The lowest BCUT2D eigenvalue weighted by molar-refractivity contribution is -0.136. The van der Waals surface area contributed by atoms with Crippen LogP contribution in [0.15, 0.2) is 30.5 Å². The van der Waals surface area contributed by atoms with Crippen LogP contribution in [-0.2, 0) is 4.79 Å². The van der Waals surface area contributed by atoms with Crippen LogP contribution in [0.3, 0.4) is 0 Å². The molecular formula is C20H27N5O. The number of likely N-dealkylation sites (tertiary alicyclic amines) is 1. The Morgan fingerprint density at radius 3 is 2.85 bits per heavy atom. The number of anilines is 2. The van der Waals surface area contributed by atoms with Crippen LogP contribution >= 0.6 is 0 Å². The van der Waals surface area contributed by atoms with Gasteiger partial charge < -0.3 is 10.2 Å². The first-order valence-electron chi connectivity index (χ1n) is 9.36. The first-order valence-corrected chi connectivity index (χ1v) is 9.36. The van der Waals surface area contributed by atoms with E-state index < -0.39 is 0 Å². The van der Waals surface area contributed by atoms with Crippen molar-refractivity contribution >= 4 is 17.5 Å². The number of nitrogens with zero attached hydrogens (tertiary/aromatic N) is 4. The van der Waals surface area contributed by atoms with Gasteiger partial charge in [-0.1, -0.05) is 19.9 Å². The van der Waals surface area contributed by atoms with Gasteiger partial charge in [-0.05, 0) is 44.2 Å². The van der Waals surface area contributed by atoms with E-state index >= 15 is 0 Å². The van der Waals surface area contributed by atoms with Crippen molar-refractivity contribution in [2.45, 2.75) is 52.5 Å². The Morgan fingerprint density at radius 1 is 1.27 bits per heavy atom. The zero-order valence-corrected chi connectivity index (χ0v) is 15.8. The molecule has 1 saturated heterocycles. The molecule has 1 aliphatic heterocycles. The highest BCUT2D eigenvalue weighted by Crippen LogP contribution is 2.32. The van der Waals surface area contributed by atoms with Crippen LogP contribution < -0.4 is 5.32 Å². The molecule has 3 rings (SSSR count). The van der Waals surface area contributed by atoms with Crippen molar-refractivity contribution in [3.05, 3.63) is 42.0 Å². The minimum Gasteiger partial charge on any atom is -0.334 e. The predicted molar refractivity (Wildman–Crippen MR) is 102 cm³/mol. The monoisotopic (exact) mass is 353 g/mol. The maximum absolute atomic E-state index is 12.7. The van der Waals surface area contributed by atoms with E-state index in [1.54, 1.807) is 6.20 Å². The molecule has 1 aliphatic rings. The summed E-state index contributed by atoms with van der Waals surface area (Å²) >= 11 is 0. The Morgan fingerprint density at radius 2 is 2.12 bits per heavy atom. The van der Waals surface area contributed by atoms with E-state index in [1.165, 1.54) is 0 Å². The largest absolute Gasteiger partial charge is 0.334 e. The van der Waals surface area contributed by atoms with Gasteiger partial charge in [0.05, 0.1) is 11.7 Å². The Labute approximate surface area is 155 Å². The molecule has 2 aromatic rings. The molecule has 2 aromatic heterocycles. The lowest BCUT2D eigenvalue weighted by atomic mass is 9.97. The average molecular weight is 353 g/mol. The van der Waals surface area contributed by atoms with Crippen molar-refractivity contribution < 1.29 is 4.79 Å².